The number of aryl methyl sites for hydroxylation is 1. The molecule has 200 valence electrons. The zero-order valence-corrected chi connectivity index (χ0v) is 21.7. The van der Waals surface area contributed by atoms with Crippen molar-refractivity contribution in [2.24, 2.45) is 5.73 Å². The molecule has 1 saturated heterocycles. The van der Waals surface area contributed by atoms with Gasteiger partial charge in [0.1, 0.15) is 11.8 Å². The number of hydrogen-bond donors (Lipinski definition) is 4. The smallest absolute Gasteiger partial charge is 0.248 e. The number of carbonyl (C=O) groups is 3. The summed E-state index contributed by atoms with van der Waals surface area (Å²) in [5, 5.41) is 8.43. The number of aromatic nitrogens is 1. The lowest BCUT2D eigenvalue weighted by Gasteiger charge is -2.24. The van der Waals surface area contributed by atoms with Crippen LogP contribution in [0.4, 0.5) is 5.69 Å². The molecule has 38 heavy (non-hydrogen) atoms. The van der Waals surface area contributed by atoms with E-state index in [9.17, 15) is 14.4 Å². The summed E-state index contributed by atoms with van der Waals surface area (Å²) in [5.74, 6) is -0.473. The summed E-state index contributed by atoms with van der Waals surface area (Å²) in [6.07, 6.45) is 3.48. The largest absolute Gasteiger partial charge is 0.497 e. The van der Waals surface area contributed by atoms with Crippen LogP contribution in [0.2, 0.25) is 0 Å². The average Bonchev–Trinajstić information content (AvgIpc) is 3.39. The molecule has 5 N–H and O–H groups in total. The highest BCUT2D eigenvalue weighted by atomic mass is 16.5. The highest BCUT2D eigenvalue weighted by molar-refractivity contribution is 5.97. The molecule has 2 atom stereocenters. The Hall–Kier alpha value is -4.02. The molecule has 0 bridgehead atoms. The Morgan fingerprint density at radius 3 is 2.71 bits per heavy atom. The van der Waals surface area contributed by atoms with Crippen molar-refractivity contribution in [2.45, 2.75) is 38.1 Å². The quantitative estimate of drug-likeness (QED) is 0.323. The third kappa shape index (κ3) is 6.45. The molecule has 0 radical (unpaired) electrons. The van der Waals surface area contributed by atoms with Gasteiger partial charge in [0.25, 0.3) is 0 Å². The maximum absolute atomic E-state index is 13.4. The van der Waals surface area contributed by atoms with E-state index >= 15 is 0 Å². The van der Waals surface area contributed by atoms with Crippen molar-refractivity contribution in [3.63, 3.8) is 0 Å². The third-order valence-corrected chi connectivity index (χ3v) is 6.71. The Balaban J connectivity index is 1.44. The van der Waals surface area contributed by atoms with Crippen molar-refractivity contribution in [3.05, 3.63) is 65.9 Å². The molecule has 0 unspecified atom stereocenters. The molecule has 3 amide bonds. The third-order valence-electron chi connectivity index (χ3n) is 6.71. The first-order chi connectivity index (χ1) is 18.4. The highest BCUT2D eigenvalue weighted by Gasteiger charge is 2.32. The van der Waals surface area contributed by atoms with Gasteiger partial charge in [-0.2, -0.15) is 0 Å². The molecule has 0 saturated carbocycles. The Labute approximate surface area is 221 Å². The molecular formula is C28H34N6O4. The molecule has 1 fully saturated rings. The summed E-state index contributed by atoms with van der Waals surface area (Å²) in [4.78, 5) is 42.5. The predicted octanol–water partition coefficient (Wildman–Crippen LogP) is 2.23. The van der Waals surface area contributed by atoms with E-state index < -0.39 is 12.0 Å². The Kier molecular flexibility index (Phi) is 8.88. The first kappa shape index (κ1) is 27.0. The minimum Gasteiger partial charge on any atom is -0.497 e. The Morgan fingerprint density at radius 1 is 1.18 bits per heavy atom. The van der Waals surface area contributed by atoms with Crippen LogP contribution < -0.4 is 26.5 Å². The Morgan fingerprint density at radius 2 is 1.97 bits per heavy atom. The fourth-order valence-electron chi connectivity index (χ4n) is 4.78. The van der Waals surface area contributed by atoms with Gasteiger partial charge < -0.3 is 21.1 Å². The van der Waals surface area contributed by atoms with Crippen LogP contribution in [0.25, 0.3) is 10.9 Å². The van der Waals surface area contributed by atoms with E-state index in [2.05, 4.69) is 21.0 Å². The number of amides is 3. The number of methoxy groups -OCH3 is 1. The molecule has 10 nitrogen and oxygen atoms in total. The first-order valence-electron chi connectivity index (χ1n) is 12.7. The SMILES string of the molecule is COc1cc(C)c2ncc(NC(=O)[C@@H](CCNC(=O)[C@@H]3CCCN3NC(=O)CN)c3ccccc3)cc2c1. The summed E-state index contributed by atoms with van der Waals surface area (Å²) in [6.45, 7) is 2.71. The molecule has 2 heterocycles. The number of nitrogens with one attached hydrogen (secondary N) is 3. The molecule has 4 rings (SSSR count). The second-order valence-corrected chi connectivity index (χ2v) is 9.36. The van der Waals surface area contributed by atoms with E-state index in [1.165, 1.54) is 0 Å². The van der Waals surface area contributed by atoms with Gasteiger partial charge in [0.05, 0.1) is 37.0 Å². The number of hydrogen-bond acceptors (Lipinski definition) is 7. The number of ether oxygens (including phenoxy) is 1. The summed E-state index contributed by atoms with van der Waals surface area (Å²) in [6, 6.07) is 14.7. The minimum absolute atomic E-state index is 0.140. The number of nitrogens with zero attached hydrogens (tertiary/aromatic N) is 2. The van der Waals surface area contributed by atoms with E-state index in [0.29, 0.717) is 31.6 Å². The van der Waals surface area contributed by atoms with Crippen molar-refractivity contribution < 1.29 is 19.1 Å². The number of nitrogens with two attached hydrogens (primary N) is 1. The predicted molar refractivity (Wildman–Crippen MR) is 145 cm³/mol. The maximum atomic E-state index is 13.4. The molecule has 0 aliphatic carbocycles. The number of rotatable bonds is 10. The fraction of sp³-hybridized carbons (Fsp3) is 0.357. The number of carbonyl (C=O) groups excluding carboxylic acids is 3. The molecular weight excluding hydrogens is 484 g/mol. The molecule has 1 aromatic heterocycles. The number of fused-ring (bicyclic) bond motifs is 1. The topological polar surface area (TPSA) is 139 Å². The monoisotopic (exact) mass is 518 g/mol. The van der Waals surface area contributed by atoms with Crippen LogP contribution >= 0.6 is 0 Å². The van der Waals surface area contributed by atoms with E-state index in [1.807, 2.05) is 55.5 Å². The van der Waals surface area contributed by atoms with E-state index in [1.54, 1.807) is 18.3 Å². The van der Waals surface area contributed by atoms with Crippen LogP contribution in [-0.4, -0.2) is 60.5 Å². The fourth-order valence-corrected chi connectivity index (χ4v) is 4.78. The van der Waals surface area contributed by atoms with E-state index in [-0.39, 0.29) is 24.3 Å². The van der Waals surface area contributed by atoms with Gasteiger partial charge in [0.2, 0.25) is 17.7 Å². The van der Waals surface area contributed by atoms with Gasteiger partial charge in [-0.05, 0) is 55.5 Å². The van der Waals surface area contributed by atoms with Crippen LogP contribution in [0.15, 0.2) is 54.7 Å². The lowest BCUT2D eigenvalue weighted by molar-refractivity contribution is -0.131. The normalized spacial score (nSPS) is 16.1. The minimum atomic E-state index is -0.490. The van der Waals surface area contributed by atoms with Crippen molar-refractivity contribution in [1.82, 2.24) is 20.7 Å². The lowest BCUT2D eigenvalue weighted by atomic mass is 9.94. The molecule has 1 aliphatic rings. The van der Waals surface area contributed by atoms with Crippen molar-refractivity contribution in [1.29, 1.82) is 0 Å². The molecule has 2 aromatic carbocycles. The second-order valence-electron chi connectivity index (χ2n) is 9.36. The van der Waals surface area contributed by atoms with Crippen LogP contribution in [0, 0.1) is 6.92 Å². The zero-order valence-electron chi connectivity index (χ0n) is 21.7. The number of hydrazine groups is 1. The van der Waals surface area contributed by atoms with Gasteiger partial charge in [0.15, 0.2) is 0 Å². The van der Waals surface area contributed by atoms with Crippen LogP contribution in [0.3, 0.4) is 0 Å². The Bertz CT molecular complexity index is 1300. The van der Waals surface area contributed by atoms with E-state index in [0.717, 1.165) is 34.2 Å². The zero-order chi connectivity index (χ0) is 27.1. The van der Waals surface area contributed by atoms with Gasteiger partial charge in [-0.1, -0.05) is 30.3 Å². The number of anilines is 1. The van der Waals surface area contributed by atoms with Crippen LogP contribution in [-0.2, 0) is 14.4 Å². The van der Waals surface area contributed by atoms with Crippen LogP contribution in [0.5, 0.6) is 5.75 Å². The molecule has 1 aliphatic heterocycles. The van der Waals surface area contributed by atoms with Gasteiger partial charge in [-0.25, -0.2) is 5.01 Å². The van der Waals surface area contributed by atoms with Gasteiger partial charge >= 0.3 is 0 Å². The van der Waals surface area contributed by atoms with Gasteiger partial charge in [-0.15, -0.1) is 0 Å². The standard InChI is InChI=1S/C28H34N6O4/c1-18-13-22(38-2)15-20-14-21(17-31-26(18)20)32-27(36)23(19-7-4-3-5-8-19)10-11-30-28(37)24-9-6-12-34(24)33-25(35)16-29/h3-5,7-8,13-15,17,23-24H,6,9-12,16,29H2,1-2H3,(H,30,37)(H,32,36)(H,33,35)/t23-,24-/m0/s1. The van der Waals surface area contributed by atoms with E-state index in [4.69, 9.17) is 10.5 Å². The van der Waals surface area contributed by atoms with Gasteiger partial charge in [0, 0.05) is 18.5 Å². The summed E-state index contributed by atoms with van der Waals surface area (Å²) in [7, 11) is 1.61. The summed E-state index contributed by atoms with van der Waals surface area (Å²) < 4.78 is 5.37. The average molecular weight is 519 g/mol. The maximum Gasteiger partial charge on any atom is 0.248 e. The highest BCUT2D eigenvalue weighted by Crippen LogP contribution is 2.27. The van der Waals surface area contributed by atoms with Gasteiger partial charge in [-0.3, -0.25) is 24.8 Å². The molecule has 10 heteroatoms. The second kappa shape index (κ2) is 12.5. The lowest BCUT2D eigenvalue weighted by Crippen LogP contribution is -2.52. The first-order valence-corrected chi connectivity index (χ1v) is 12.7. The van der Waals surface area contributed by atoms with Crippen molar-refractivity contribution in [3.8, 4) is 5.75 Å². The summed E-state index contributed by atoms with van der Waals surface area (Å²) >= 11 is 0. The number of pyridine rings is 1. The summed E-state index contributed by atoms with van der Waals surface area (Å²) in [5.41, 5.74) is 11.3. The molecule has 0 spiro atoms. The van der Waals surface area contributed by atoms with Crippen molar-refractivity contribution >= 4 is 34.3 Å². The molecule has 3 aromatic rings. The van der Waals surface area contributed by atoms with Crippen LogP contribution in [0.1, 0.15) is 36.3 Å². The number of benzene rings is 2. The van der Waals surface area contributed by atoms with Crippen molar-refractivity contribution in [2.75, 3.05) is 32.1 Å².